The van der Waals surface area contributed by atoms with Crippen molar-refractivity contribution in [3.8, 4) is 11.1 Å². The topological polar surface area (TPSA) is 74.2 Å². The number of carbonyl (C=O) groups is 1. The summed E-state index contributed by atoms with van der Waals surface area (Å²) < 4.78 is 0. The predicted molar refractivity (Wildman–Crippen MR) is 160 cm³/mol. The van der Waals surface area contributed by atoms with E-state index in [0.717, 1.165) is 77.5 Å². The van der Waals surface area contributed by atoms with E-state index in [1.54, 1.807) is 0 Å². The molecule has 7 nitrogen and oxygen atoms in total. The van der Waals surface area contributed by atoms with Gasteiger partial charge in [0.15, 0.2) is 0 Å². The van der Waals surface area contributed by atoms with Crippen LogP contribution < -0.4 is 10.2 Å². The van der Waals surface area contributed by atoms with Gasteiger partial charge in [0, 0.05) is 50.8 Å². The van der Waals surface area contributed by atoms with Crippen molar-refractivity contribution in [2.24, 2.45) is 0 Å². The molecule has 2 aromatic heterocycles. The number of hydrogen-bond donors (Lipinski definition) is 1. The third-order valence-electron chi connectivity index (χ3n) is 7.47. The Morgan fingerprint density at radius 1 is 0.850 bits per heavy atom. The van der Waals surface area contributed by atoms with Crippen molar-refractivity contribution in [2.75, 3.05) is 36.4 Å². The molecule has 6 rings (SSSR count). The third kappa shape index (κ3) is 6.00. The number of nitrogens with one attached hydrogen (secondary N) is 1. The lowest BCUT2D eigenvalue weighted by molar-refractivity contribution is -0.115. The molecule has 0 radical (unpaired) electrons. The molecular formula is C33H32N6O. The zero-order chi connectivity index (χ0) is 27.3. The standard InChI is InChI=1S/C33H32N6O/c1-24-5-2-3-7-27(24)20-33(40)36-29-11-8-26(9-12-29)28-10-13-30-31(19-28)37-32(22-35-30)39-17-15-38(16-18-39)23-25-6-4-14-34-21-25/h2-14,19,21-22H,15-18,20,23H2,1H3,(H,36,40). The molecule has 5 aromatic rings. The van der Waals surface area contributed by atoms with Crippen molar-refractivity contribution < 1.29 is 4.79 Å². The first-order valence-corrected chi connectivity index (χ1v) is 13.7. The number of benzene rings is 3. The highest BCUT2D eigenvalue weighted by molar-refractivity contribution is 5.93. The molecule has 0 unspecified atom stereocenters. The molecule has 40 heavy (non-hydrogen) atoms. The van der Waals surface area contributed by atoms with Crippen LogP contribution >= 0.6 is 0 Å². The summed E-state index contributed by atoms with van der Waals surface area (Å²) in [6, 6.07) is 26.2. The summed E-state index contributed by atoms with van der Waals surface area (Å²) in [5.74, 6) is 0.894. The monoisotopic (exact) mass is 528 g/mol. The minimum Gasteiger partial charge on any atom is -0.353 e. The van der Waals surface area contributed by atoms with Gasteiger partial charge in [0.1, 0.15) is 5.82 Å². The lowest BCUT2D eigenvalue weighted by Gasteiger charge is -2.35. The minimum atomic E-state index is -0.0199. The van der Waals surface area contributed by atoms with E-state index in [0.29, 0.717) is 6.42 Å². The Morgan fingerprint density at radius 2 is 1.65 bits per heavy atom. The molecule has 7 heteroatoms. The van der Waals surface area contributed by atoms with Gasteiger partial charge in [-0.25, -0.2) is 4.98 Å². The van der Waals surface area contributed by atoms with Crippen molar-refractivity contribution in [3.05, 3.63) is 114 Å². The Bertz CT molecular complexity index is 1610. The first kappa shape index (κ1) is 25.6. The van der Waals surface area contributed by atoms with E-state index in [2.05, 4.69) is 38.3 Å². The fourth-order valence-electron chi connectivity index (χ4n) is 5.15. The van der Waals surface area contributed by atoms with Crippen molar-refractivity contribution in [3.63, 3.8) is 0 Å². The summed E-state index contributed by atoms with van der Waals surface area (Å²) in [4.78, 5) is 31.2. The van der Waals surface area contributed by atoms with Gasteiger partial charge in [-0.3, -0.25) is 19.7 Å². The Kier molecular flexibility index (Phi) is 7.46. The molecule has 1 amide bonds. The van der Waals surface area contributed by atoms with Crippen LogP contribution in [-0.2, 0) is 17.8 Å². The van der Waals surface area contributed by atoms with E-state index >= 15 is 0 Å². The number of anilines is 2. The molecule has 200 valence electrons. The van der Waals surface area contributed by atoms with Crippen LogP contribution in [0.25, 0.3) is 22.2 Å². The molecule has 0 atom stereocenters. The van der Waals surface area contributed by atoms with Crippen LogP contribution in [0.3, 0.4) is 0 Å². The van der Waals surface area contributed by atoms with Gasteiger partial charge in [-0.05, 0) is 65.1 Å². The van der Waals surface area contributed by atoms with Crippen molar-refractivity contribution in [2.45, 2.75) is 19.9 Å². The number of aromatic nitrogens is 3. The van der Waals surface area contributed by atoms with Gasteiger partial charge in [0.25, 0.3) is 0 Å². The zero-order valence-corrected chi connectivity index (χ0v) is 22.6. The van der Waals surface area contributed by atoms with Gasteiger partial charge in [-0.15, -0.1) is 0 Å². The van der Waals surface area contributed by atoms with Gasteiger partial charge in [-0.2, -0.15) is 0 Å². The molecule has 1 saturated heterocycles. The fraction of sp³-hybridized carbons (Fsp3) is 0.212. The molecule has 0 aliphatic carbocycles. The van der Waals surface area contributed by atoms with Gasteiger partial charge in [-0.1, -0.05) is 48.5 Å². The Balaban J connectivity index is 1.10. The first-order valence-electron chi connectivity index (χ1n) is 13.7. The lowest BCUT2D eigenvalue weighted by atomic mass is 10.0. The number of rotatable bonds is 7. The minimum absolute atomic E-state index is 0.0199. The van der Waals surface area contributed by atoms with Crippen LogP contribution in [0.1, 0.15) is 16.7 Å². The molecule has 3 aromatic carbocycles. The summed E-state index contributed by atoms with van der Waals surface area (Å²) >= 11 is 0. The Morgan fingerprint density at radius 3 is 2.42 bits per heavy atom. The Hall–Kier alpha value is -4.62. The summed E-state index contributed by atoms with van der Waals surface area (Å²) in [7, 11) is 0. The van der Waals surface area contributed by atoms with Crippen molar-refractivity contribution in [1.29, 1.82) is 0 Å². The number of aryl methyl sites for hydroxylation is 1. The maximum atomic E-state index is 12.6. The maximum absolute atomic E-state index is 12.6. The second kappa shape index (κ2) is 11.6. The molecular weight excluding hydrogens is 496 g/mol. The SMILES string of the molecule is Cc1ccccc1CC(=O)Nc1ccc(-c2ccc3ncc(N4CCN(Cc5cccnc5)CC4)nc3c2)cc1. The molecule has 0 bridgehead atoms. The van der Waals surface area contributed by atoms with Crippen molar-refractivity contribution in [1.82, 2.24) is 19.9 Å². The van der Waals surface area contributed by atoms with Gasteiger partial charge in [0.2, 0.25) is 5.91 Å². The fourth-order valence-corrected chi connectivity index (χ4v) is 5.15. The zero-order valence-electron chi connectivity index (χ0n) is 22.6. The lowest BCUT2D eigenvalue weighted by Crippen LogP contribution is -2.46. The van der Waals surface area contributed by atoms with E-state index < -0.39 is 0 Å². The molecule has 1 aliphatic rings. The van der Waals surface area contributed by atoms with E-state index in [1.165, 1.54) is 5.56 Å². The molecule has 1 fully saturated rings. The van der Waals surface area contributed by atoms with Crippen LogP contribution in [0.5, 0.6) is 0 Å². The summed E-state index contributed by atoms with van der Waals surface area (Å²) in [5, 5.41) is 3.01. The number of pyridine rings is 1. The van der Waals surface area contributed by atoms with Gasteiger partial charge in [0.05, 0.1) is 23.7 Å². The summed E-state index contributed by atoms with van der Waals surface area (Å²) in [5.41, 5.74) is 8.08. The summed E-state index contributed by atoms with van der Waals surface area (Å²) in [6.45, 7) is 6.72. The number of fused-ring (bicyclic) bond motifs is 1. The van der Waals surface area contributed by atoms with Crippen LogP contribution in [-0.4, -0.2) is 51.9 Å². The van der Waals surface area contributed by atoms with Crippen LogP contribution in [0.15, 0.2) is 97.5 Å². The number of carbonyl (C=O) groups excluding carboxylic acids is 1. The van der Waals surface area contributed by atoms with Crippen LogP contribution in [0, 0.1) is 6.92 Å². The highest BCUT2D eigenvalue weighted by Gasteiger charge is 2.19. The van der Waals surface area contributed by atoms with E-state index in [1.807, 2.05) is 86.2 Å². The second-order valence-electron chi connectivity index (χ2n) is 10.3. The van der Waals surface area contributed by atoms with E-state index in [-0.39, 0.29) is 5.91 Å². The highest BCUT2D eigenvalue weighted by atomic mass is 16.1. The average Bonchev–Trinajstić information content (AvgIpc) is 2.99. The van der Waals surface area contributed by atoms with E-state index in [9.17, 15) is 4.79 Å². The normalized spacial score (nSPS) is 13.9. The van der Waals surface area contributed by atoms with Crippen molar-refractivity contribution >= 4 is 28.4 Å². The summed E-state index contributed by atoms with van der Waals surface area (Å²) in [6.07, 6.45) is 6.00. The third-order valence-corrected chi connectivity index (χ3v) is 7.47. The van der Waals surface area contributed by atoms with Crippen LogP contribution in [0.4, 0.5) is 11.5 Å². The van der Waals surface area contributed by atoms with Gasteiger partial charge >= 0.3 is 0 Å². The smallest absolute Gasteiger partial charge is 0.228 e. The second-order valence-corrected chi connectivity index (χ2v) is 10.3. The molecule has 0 spiro atoms. The van der Waals surface area contributed by atoms with Gasteiger partial charge < -0.3 is 10.2 Å². The molecule has 1 aliphatic heterocycles. The molecule has 1 N–H and O–H groups in total. The number of piperazine rings is 1. The average molecular weight is 529 g/mol. The molecule has 3 heterocycles. The van der Waals surface area contributed by atoms with Crippen LogP contribution in [0.2, 0.25) is 0 Å². The maximum Gasteiger partial charge on any atom is 0.228 e. The number of hydrogen-bond acceptors (Lipinski definition) is 6. The first-order chi connectivity index (χ1) is 19.6. The Labute approximate surface area is 234 Å². The molecule has 0 saturated carbocycles. The largest absolute Gasteiger partial charge is 0.353 e. The predicted octanol–water partition coefficient (Wildman–Crippen LogP) is 5.50. The quantitative estimate of drug-likeness (QED) is 0.301. The number of amides is 1. The van der Waals surface area contributed by atoms with E-state index in [4.69, 9.17) is 9.97 Å². The number of nitrogens with zero attached hydrogens (tertiary/aromatic N) is 5. The highest BCUT2D eigenvalue weighted by Crippen LogP contribution is 2.26.